The Hall–Kier alpha value is -3.26. The molecule has 0 amide bonds. The van der Waals surface area contributed by atoms with Gasteiger partial charge in [-0.2, -0.15) is 5.10 Å². The van der Waals surface area contributed by atoms with E-state index in [0.29, 0.717) is 17.5 Å². The monoisotopic (exact) mass is 467 g/mol. The summed E-state index contributed by atoms with van der Waals surface area (Å²) in [6.07, 6.45) is 7.65. The smallest absolute Gasteiger partial charge is 0.206 e. The van der Waals surface area contributed by atoms with Crippen LogP contribution in [0.25, 0.3) is 11.3 Å². The molecule has 0 unspecified atom stereocenters. The summed E-state index contributed by atoms with van der Waals surface area (Å²) < 4.78 is 18.0. The molecule has 2 aromatic carbocycles. The predicted molar refractivity (Wildman–Crippen MR) is 131 cm³/mol. The molecule has 33 heavy (non-hydrogen) atoms. The van der Waals surface area contributed by atoms with Gasteiger partial charge in [0.15, 0.2) is 11.5 Å². The van der Waals surface area contributed by atoms with E-state index in [4.69, 9.17) is 24.3 Å². The van der Waals surface area contributed by atoms with Gasteiger partial charge in [0.25, 0.3) is 0 Å². The van der Waals surface area contributed by atoms with Crippen LogP contribution in [0.3, 0.4) is 0 Å². The van der Waals surface area contributed by atoms with Gasteiger partial charge in [0.1, 0.15) is 5.75 Å². The lowest BCUT2D eigenvalue weighted by molar-refractivity contribution is 0.340. The van der Waals surface area contributed by atoms with E-state index < -0.39 is 0 Å². The van der Waals surface area contributed by atoms with E-state index in [-0.39, 0.29) is 5.75 Å². The summed E-state index contributed by atoms with van der Waals surface area (Å²) in [5, 5.41) is 17.1. The number of aromatic nitrogens is 1. The van der Waals surface area contributed by atoms with Crippen LogP contribution in [0.15, 0.2) is 51.9 Å². The number of thiazole rings is 1. The van der Waals surface area contributed by atoms with Gasteiger partial charge in [-0.25, -0.2) is 4.68 Å². The second-order valence-corrected chi connectivity index (χ2v) is 8.69. The van der Waals surface area contributed by atoms with Crippen molar-refractivity contribution in [3.05, 3.63) is 52.1 Å². The Bertz CT molecular complexity index is 1170. The topological polar surface area (TPSA) is 77.6 Å². The van der Waals surface area contributed by atoms with E-state index in [1.807, 2.05) is 28.9 Å². The van der Waals surface area contributed by atoms with Gasteiger partial charge in [0.2, 0.25) is 10.6 Å². The van der Waals surface area contributed by atoms with Crippen LogP contribution < -0.4 is 19.0 Å². The Morgan fingerprint density at radius 2 is 1.64 bits per heavy atom. The lowest BCUT2D eigenvalue weighted by Crippen LogP contribution is -2.19. The SMILES string of the molecule is COc1ccccc1-c1csc(=NC2CCCCC2)n1N=Cc1cc(OC)c(O)c(OC)c1. The molecular formula is C25H29N3O4S. The molecule has 0 aliphatic heterocycles. The fourth-order valence-electron chi connectivity index (χ4n) is 4.02. The first-order valence-corrected chi connectivity index (χ1v) is 11.9. The summed E-state index contributed by atoms with van der Waals surface area (Å²) in [4.78, 5) is 5.90. The Morgan fingerprint density at radius 3 is 2.30 bits per heavy atom. The molecule has 0 bridgehead atoms. The number of rotatable bonds is 7. The summed E-state index contributed by atoms with van der Waals surface area (Å²) in [6.45, 7) is 0. The molecular weight excluding hydrogens is 438 g/mol. The fraction of sp³-hybridized carbons (Fsp3) is 0.360. The van der Waals surface area contributed by atoms with Crippen LogP contribution in [0.4, 0.5) is 0 Å². The van der Waals surface area contributed by atoms with Crippen LogP contribution in [0.2, 0.25) is 0 Å². The van der Waals surface area contributed by atoms with E-state index in [1.54, 1.807) is 36.8 Å². The number of nitrogens with zero attached hydrogens (tertiary/aromatic N) is 3. The maximum atomic E-state index is 10.2. The molecule has 4 rings (SSSR count). The third-order valence-electron chi connectivity index (χ3n) is 5.76. The fourth-order valence-corrected chi connectivity index (χ4v) is 4.92. The van der Waals surface area contributed by atoms with E-state index in [2.05, 4.69) is 5.38 Å². The highest BCUT2D eigenvalue weighted by Crippen LogP contribution is 2.36. The first-order valence-electron chi connectivity index (χ1n) is 11.0. The predicted octanol–water partition coefficient (Wildman–Crippen LogP) is 5.06. The lowest BCUT2D eigenvalue weighted by atomic mass is 9.96. The highest BCUT2D eigenvalue weighted by atomic mass is 32.1. The van der Waals surface area contributed by atoms with Gasteiger partial charge >= 0.3 is 0 Å². The van der Waals surface area contributed by atoms with Gasteiger partial charge in [-0.3, -0.25) is 4.99 Å². The average Bonchev–Trinajstić information content (AvgIpc) is 3.25. The Morgan fingerprint density at radius 1 is 0.970 bits per heavy atom. The van der Waals surface area contributed by atoms with Crippen LogP contribution in [0, 0.1) is 0 Å². The number of aromatic hydroxyl groups is 1. The number of hydrogen-bond acceptors (Lipinski definition) is 7. The van der Waals surface area contributed by atoms with E-state index in [9.17, 15) is 5.11 Å². The van der Waals surface area contributed by atoms with Crippen molar-refractivity contribution < 1.29 is 19.3 Å². The Balaban J connectivity index is 1.81. The minimum atomic E-state index is -0.0389. The van der Waals surface area contributed by atoms with Crippen LogP contribution in [0.1, 0.15) is 37.7 Å². The number of phenols is 1. The van der Waals surface area contributed by atoms with E-state index in [1.165, 1.54) is 33.5 Å². The molecule has 1 fully saturated rings. The molecule has 7 nitrogen and oxygen atoms in total. The molecule has 1 aliphatic carbocycles. The van der Waals surface area contributed by atoms with Crippen LogP contribution in [-0.4, -0.2) is 43.4 Å². The molecule has 1 heterocycles. The van der Waals surface area contributed by atoms with Gasteiger partial charge in [0, 0.05) is 16.5 Å². The quantitative estimate of drug-likeness (QED) is 0.493. The number of benzene rings is 2. The van der Waals surface area contributed by atoms with Crippen molar-refractivity contribution in [2.45, 2.75) is 38.1 Å². The minimum Gasteiger partial charge on any atom is -0.502 e. The van der Waals surface area contributed by atoms with Gasteiger partial charge in [-0.05, 0) is 37.1 Å². The van der Waals surface area contributed by atoms with Crippen molar-refractivity contribution in [3.8, 4) is 34.3 Å². The third-order valence-corrected chi connectivity index (χ3v) is 6.59. The number of phenolic OH excluding ortho intramolecular Hbond substituents is 1. The van der Waals surface area contributed by atoms with Crippen molar-refractivity contribution in [2.24, 2.45) is 10.1 Å². The zero-order valence-electron chi connectivity index (χ0n) is 19.2. The Kier molecular flexibility index (Phi) is 7.34. The number of ether oxygens (including phenoxy) is 3. The molecule has 1 N–H and O–H groups in total. The average molecular weight is 468 g/mol. The third kappa shape index (κ3) is 5.06. The summed E-state index contributed by atoms with van der Waals surface area (Å²) in [7, 11) is 4.68. The molecule has 0 atom stereocenters. The Labute approximate surface area is 197 Å². The molecule has 0 spiro atoms. The minimum absolute atomic E-state index is 0.0389. The molecule has 8 heteroatoms. The van der Waals surface area contributed by atoms with Crippen molar-refractivity contribution in [2.75, 3.05) is 21.3 Å². The van der Waals surface area contributed by atoms with Crippen LogP contribution >= 0.6 is 11.3 Å². The highest BCUT2D eigenvalue weighted by molar-refractivity contribution is 7.07. The number of methoxy groups -OCH3 is 3. The zero-order chi connectivity index (χ0) is 23.2. The maximum absolute atomic E-state index is 10.2. The second kappa shape index (κ2) is 10.6. The first kappa shape index (κ1) is 22.9. The van der Waals surface area contributed by atoms with Gasteiger partial charge in [-0.15, -0.1) is 11.3 Å². The van der Waals surface area contributed by atoms with Gasteiger partial charge in [-0.1, -0.05) is 31.4 Å². The molecule has 0 radical (unpaired) electrons. The normalized spacial score (nSPS) is 15.2. The molecule has 1 aromatic heterocycles. The standard InChI is InChI=1S/C25H29N3O4S/c1-30-21-12-8-7-11-19(21)20-16-33-25(27-18-9-5-4-6-10-18)28(20)26-15-17-13-22(31-2)24(29)23(14-17)32-3/h7-8,11-16,18,29H,4-6,9-10H2,1-3H3. The molecule has 0 saturated heterocycles. The van der Waals surface area contributed by atoms with Crippen molar-refractivity contribution in [1.82, 2.24) is 4.68 Å². The zero-order valence-corrected chi connectivity index (χ0v) is 20.0. The number of para-hydroxylation sites is 1. The largest absolute Gasteiger partial charge is 0.502 e. The van der Waals surface area contributed by atoms with E-state index in [0.717, 1.165) is 40.2 Å². The summed E-state index contributed by atoms with van der Waals surface area (Å²) in [5.41, 5.74) is 2.58. The summed E-state index contributed by atoms with van der Waals surface area (Å²) in [6, 6.07) is 11.6. The van der Waals surface area contributed by atoms with Crippen LogP contribution in [0.5, 0.6) is 23.0 Å². The second-order valence-electron chi connectivity index (χ2n) is 7.86. The van der Waals surface area contributed by atoms with Crippen molar-refractivity contribution in [1.29, 1.82) is 0 Å². The van der Waals surface area contributed by atoms with Crippen LogP contribution in [-0.2, 0) is 0 Å². The number of hydrogen-bond donors (Lipinski definition) is 1. The molecule has 174 valence electrons. The molecule has 3 aromatic rings. The summed E-state index contributed by atoms with van der Waals surface area (Å²) >= 11 is 1.57. The van der Waals surface area contributed by atoms with Gasteiger partial charge < -0.3 is 19.3 Å². The highest BCUT2D eigenvalue weighted by Gasteiger charge is 2.16. The molecule has 1 aliphatic rings. The summed E-state index contributed by atoms with van der Waals surface area (Å²) in [5.74, 6) is 1.38. The molecule has 1 saturated carbocycles. The van der Waals surface area contributed by atoms with Crippen molar-refractivity contribution in [3.63, 3.8) is 0 Å². The maximum Gasteiger partial charge on any atom is 0.206 e. The lowest BCUT2D eigenvalue weighted by Gasteiger charge is -2.17. The van der Waals surface area contributed by atoms with Crippen molar-refractivity contribution >= 4 is 17.6 Å². The first-order chi connectivity index (χ1) is 16.1. The van der Waals surface area contributed by atoms with Gasteiger partial charge in [0.05, 0.1) is 39.3 Å². The van der Waals surface area contributed by atoms with E-state index >= 15 is 0 Å².